The molecule has 0 spiro atoms. The number of hydrogen-bond donors (Lipinski definition) is 1. The number of benzene rings is 1. The Hall–Kier alpha value is -3.01. The second kappa shape index (κ2) is 7.55. The predicted octanol–water partition coefficient (Wildman–Crippen LogP) is 1.45. The van der Waals surface area contributed by atoms with Gasteiger partial charge in [0.2, 0.25) is 5.91 Å². The normalized spacial score (nSPS) is 15.9. The van der Waals surface area contributed by atoms with Crippen LogP contribution in [-0.4, -0.2) is 41.4 Å². The molecule has 1 aromatic carbocycles. The Morgan fingerprint density at radius 1 is 1.32 bits per heavy atom. The van der Waals surface area contributed by atoms with Crippen molar-refractivity contribution in [3.8, 4) is 5.69 Å². The number of anilines is 1. The van der Waals surface area contributed by atoms with Gasteiger partial charge in [-0.3, -0.25) is 14.2 Å². The highest BCUT2D eigenvalue weighted by Crippen LogP contribution is 2.27. The molecule has 1 aliphatic heterocycles. The lowest BCUT2D eigenvalue weighted by molar-refractivity contribution is -0.119. The topological polar surface area (TPSA) is 108 Å². The Bertz CT molecular complexity index is 1060. The van der Waals surface area contributed by atoms with Crippen LogP contribution in [0.1, 0.15) is 18.2 Å². The predicted molar refractivity (Wildman–Crippen MR) is 105 cm³/mol. The maximum atomic E-state index is 12.7. The number of carbonyl (C=O) groups is 1. The van der Waals surface area contributed by atoms with Gasteiger partial charge in [-0.2, -0.15) is 0 Å². The zero-order chi connectivity index (χ0) is 19.7. The standard InChI is InChI=1S/C18H19N7O2S/c1-3-15-11(2)20-18-24(17(15)27)8-12(9-28-18)16(26)21-13-4-6-14(7-5-13)25-10-19-22-23-25/h4-7,10,12H,3,8-9H2,1-2H3,(H,21,26). The molecule has 2 aromatic heterocycles. The third-order valence-corrected chi connectivity index (χ3v) is 5.86. The quantitative estimate of drug-likeness (QED) is 0.664. The molecule has 0 bridgehead atoms. The van der Waals surface area contributed by atoms with Gasteiger partial charge in [0.05, 0.1) is 11.6 Å². The molecule has 4 rings (SSSR count). The third-order valence-electron chi connectivity index (χ3n) is 4.72. The zero-order valence-electron chi connectivity index (χ0n) is 15.5. The Balaban J connectivity index is 1.49. The second-order valence-electron chi connectivity index (χ2n) is 6.53. The van der Waals surface area contributed by atoms with Crippen LogP contribution in [0.15, 0.2) is 40.5 Å². The summed E-state index contributed by atoms with van der Waals surface area (Å²) in [6.07, 6.45) is 2.13. The summed E-state index contributed by atoms with van der Waals surface area (Å²) < 4.78 is 3.16. The molecule has 0 aliphatic carbocycles. The van der Waals surface area contributed by atoms with Crippen LogP contribution in [0.25, 0.3) is 5.69 Å². The fraction of sp³-hybridized carbons (Fsp3) is 0.333. The van der Waals surface area contributed by atoms with Crippen molar-refractivity contribution in [3.63, 3.8) is 0 Å². The number of rotatable bonds is 4. The maximum Gasteiger partial charge on any atom is 0.257 e. The van der Waals surface area contributed by atoms with Gasteiger partial charge in [0, 0.05) is 29.2 Å². The molecule has 0 radical (unpaired) electrons. The Kier molecular flexibility index (Phi) is 4.95. The minimum absolute atomic E-state index is 0.0409. The highest BCUT2D eigenvalue weighted by atomic mass is 32.2. The van der Waals surface area contributed by atoms with E-state index < -0.39 is 0 Å². The van der Waals surface area contributed by atoms with Gasteiger partial charge in [-0.25, -0.2) is 9.67 Å². The van der Waals surface area contributed by atoms with Gasteiger partial charge in [-0.05, 0) is 48.0 Å². The van der Waals surface area contributed by atoms with Crippen molar-refractivity contribution in [1.82, 2.24) is 29.8 Å². The number of fused-ring (bicyclic) bond motifs is 1. The molecule has 28 heavy (non-hydrogen) atoms. The molecule has 1 N–H and O–H groups in total. The largest absolute Gasteiger partial charge is 0.326 e. The monoisotopic (exact) mass is 397 g/mol. The van der Waals surface area contributed by atoms with E-state index in [0.29, 0.717) is 35.1 Å². The highest BCUT2D eigenvalue weighted by molar-refractivity contribution is 7.99. The summed E-state index contributed by atoms with van der Waals surface area (Å²) in [5.41, 5.74) is 2.92. The van der Waals surface area contributed by atoms with Crippen molar-refractivity contribution in [3.05, 3.63) is 52.2 Å². The van der Waals surface area contributed by atoms with Gasteiger partial charge in [0.15, 0.2) is 5.16 Å². The van der Waals surface area contributed by atoms with Crippen LogP contribution >= 0.6 is 11.8 Å². The van der Waals surface area contributed by atoms with Crippen molar-refractivity contribution in [2.24, 2.45) is 5.92 Å². The molecular weight excluding hydrogens is 378 g/mol. The zero-order valence-corrected chi connectivity index (χ0v) is 16.3. The van der Waals surface area contributed by atoms with Gasteiger partial charge in [-0.1, -0.05) is 18.7 Å². The van der Waals surface area contributed by atoms with Crippen LogP contribution in [0.4, 0.5) is 5.69 Å². The number of tetrazole rings is 1. The molecule has 1 unspecified atom stereocenters. The molecule has 3 aromatic rings. The highest BCUT2D eigenvalue weighted by Gasteiger charge is 2.28. The van der Waals surface area contributed by atoms with Crippen LogP contribution in [0, 0.1) is 12.8 Å². The summed E-state index contributed by atoms with van der Waals surface area (Å²) in [6, 6.07) is 7.24. The lowest BCUT2D eigenvalue weighted by atomic mass is 10.1. The second-order valence-corrected chi connectivity index (χ2v) is 7.51. The smallest absolute Gasteiger partial charge is 0.257 e. The molecular formula is C18H19N7O2S. The van der Waals surface area contributed by atoms with E-state index in [9.17, 15) is 9.59 Å². The van der Waals surface area contributed by atoms with E-state index in [2.05, 4.69) is 25.8 Å². The van der Waals surface area contributed by atoms with E-state index in [-0.39, 0.29) is 17.4 Å². The molecule has 144 valence electrons. The molecule has 3 heterocycles. The van der Waals surface area contributed by atoms with Gasteiger partial charge in [0.1, 0.15) is 6.33 Å². The van der Waals surface area contributed by atoms with Crippen LogP contribution in [0.3, 0.4) is 0 Å². The fourth-order valence-corrected chi connectivity index (χ4v) is 4.30. The van der Waals surface area contributed by atoms with E-state index in [1.807, 2.05) is 26.0 Å². The van der Waals surface area contributed by atoms with E-state index >= 15 is 0 Å². The minimum Gasteiger partial charge on any atom is -0.326 e. The van der Waals surface area contributed by atoms with Gasteiger partial charge in [0.25, 0.3) is 5.56 Å². The molecule has 9 nitrogen and oxygen atoms in total. The van der Waals surface area contributed by atoms with E-state index in [4.69, 9.17) is 0 Å². The number of amides is 1. The van der Waals surface area contributed by atoms with Crippen LogP contribution in [0.2, 0.25) is 0 Å². The first-order chi connectivity index (χ1) is 13.6. The molecule has 1 atom stereocenters. The molecule has 10 heteroatoms. The molecule has 1 amide bonds. The summed E-state index contributed by atoms with van der Waals surface area (Å²) in [4.78, 5) is 30.0. The molecule has 0 saturated heterocycles. The van der Waals surface area contributed by atoms with Gasteiger partial charge >= 0.3 is 0 Å². The lowest BCUT2D eigenvalue weighted by Crippen LogP contribution is -2.38. The average molecular weight is 397 g/mol. The summed E-state index contributed by atoms with van der Waals surface area (Å²) in [7, 11) is 0. The number of hydrogen-bond acceptors (Lipinski definition) is 7. The molecule has 1 aliphatic rings. The summed E-state index contributed by atoms with van der Waals surface area (Å²) >= 11 is 1.45. The number of nitrogens with one attached hydrogen (secondary N) is 1. The van der Waals surface area contributed by atoms with Crippen LogP contribution in [0.5, 0.6) is 0 Å². The third kappa shape index (κ3) is 3.42. The van der Waals surface area contributed by atoms with E-state index in [1.165, 1.54) is 22.8 Å². The Labute approximate surface area is 165 Å². The Morgan fingerprint density at radius 3 is 2.79 bits per heavy atom. The Morgan fingerprint density at radius 2 is 2.11 bits per heavy atom. The molecule has 0 saturated carbocycles. The van der Waals surface area contributed by atoms with Crippen molar-refractivity contribution in [1.29, 1.82) is 0 Å². The van der Waals surface area contributed by atoms with E-state index in [0.717, 1.165) is 11.4 Å². The SMILES string of the molecule is CCc1c(C)nc2n(c1=O)CC(C(=O)Nc1ccc(-n3cnnn3)cc1)CS2. The first kappa shape index (κ1) is 18.4. The maximum absolute atomic E-state index is 12.7. The molecule has 0 fully saturated rings. The van der Waals surface area contributed by atoms with Gasteiger partial charge < -0.3 is 5.32 Å². The number of thioether (sulfide) groups is 1. The van der Waals surface area contributed by atoms with Crippen molar-refractivity contribution < 1.29 is 4.79 Å². The van der Waals surface area contributed by atoms with Crippen molar-refractivity contribution >= 4 is 23.4 Å². The number of aromatic nitrogens is 6. The van der Waals surface area contributed by atoms with Crippen LogP contribution < -0.4 is 10.9 Å². The fourth-order valence-electron chi connectivity index (χ4n) is 3.18. The van der Waals surface area contributed by atoms with Crippen molar-refractivity contribution in [2.75, 3.05) is 11.1 Å². The summed E-state index contributed by atoms with van der Waals surface area (Å²) in [6.45, 7) is 4.15. The van der Waals surface area contributed by atoms with Gasteiger partial charge in [-0.15, -0.1) is 5.10 Å². The summed E-state index contributed by atoms with van der Waals surface area (Å²) in [5.74, 6) is 0.175. The minimum atomic E-state index is -0.302. The average Bonchev–Trinajstić information content (AvgIpc) is 3.23. The number of nitrogens with zero attached hydrogens (tertiary/aromatic N) is 6. The van der Waals surface area contributed by atoms with Crippen molar-refractivity contribution in [2.45, 2.75) is 32.0 Å². The summed E-state index contributed by atoms with van der Waals surface area (Å²) in [5, 5.41) is 14.6. The first-order valence-corrected chi connectivity index (χ1v) is 9.92. The number of carbonyl (C=O) groups excluding carboxylic acids is 1. The van der Waals surface area contributed by atoms with Crippen LogP contribution in [-0.2, 0) is 17.8 Å². The van der Waals surface area contributed by atoms with E-state index in [1.54, 1.807) is 16.7 Å². The number of aryl methyl sites for hydroxylation is 1. The first-order valence-electron chi connectivity index (χ1n) is 8.94. The lowest BCUT2D eigenvalue weighted by Gasteiger charge is -2.25.